The van der Waals surface area contributed by atoms with Crippen LogP contribution in [-0.2, 0) is 13.1 Å². The van der Waals surface area contributed by atoms with Gasteiger partial charge in [-0.05, 0) is 43.3 Å². The molecule has 16 heteroatoms. The zero-order valence-corrected chi connectivity index (χ0v) is 22.7. The maximum atomic E-state index is 13.1. The number of nitrogens with one attached hydrogen (secondary N) is 1. The number of carbonyl (C=O) groups is 1. The van der Waals surface area contributed by atoms with Crippen molar-refractivity contribution in [1.29, 1.82) is 0 Å². The van der Waals surface area contributed by atoms with Gasteiger partial charge in [0.2, 0.25) is 0 Å². The van der Waals surface area contributed by atoms with E-state index in [0.29, 0.717) is 21.4 Å². The Hall–Kier alpha value is -4.34. The van der Waals surface area contributed by atoms with Crippen LogP contribution < -0.4 is 11.0 Å². The average molecular weight is 605 g/mol. The molecule has 0 spiro atoms. The van der Waals surface area contributed by atoms with Crippen molar-refractivity contribution in [2.75, 3.05) is 5.32 Å². The zero-order valence-electron chi connectivity index (χ0n) is 21.1. The number of halogens is 4. The first-order valence-corrected chi connectivity index (χ1v) is 13.2. The zero-order chi connectivity index (χ0) is 29.3. The number of amides is 1. The summed E-state index contributed by atoms with van der Waals surface area (Å²) in [4.78, 5) is 34.5. The molecule has 0 bridgehead atoms. The molecule has 0 saturated carbocycles. The molecular weight excluding hydrogens is 585 g/mol. The molecule has 5 rings (SSSR count). The second-order valence-corrected chi connectivity index (χ2v) is 10.1. The fourth-order valence-electron chi connectivity index (χ4n) is 3.86. The van der Waals surface area contributed by atoms with Crippen LogP contribution in [0.4, 0.5) is 18.3 Å². The Morgan fingerprint density at radius 3 is 2.56 bits per heavy atom. The van der Waals surface area contributed by atoms with Gasteiger partial charge < -0.3 is 5.11 Å². The molecule has 1 unspecified atom stereocenters. The lowest BCUT2D eigenvalue weighted by atomic mass is 10.1. The number of rotatable bonds is 8. The molecule has 212 valence electrons. The number of aliphatic hydroxyl groups excluding tert-OH is 1. The molecule has 3 heterocycles. The summed E-state index contributed by atoms with van der Waals surface area (Å²) in [5, 5.41) is 23.6. The van der Waals surface area contributed by atoms with Crippen LogP contribution in [0.25, 0.3) is 17.1 Å². The maximum Gasteiger partial charge on any atom is 0.416 e. The number of aliphatic hydroxyl groups is 1. The summed E-state index contributed by atoms with van der Waals surface area (Å²) in [5.41, 5.74) is 0.848. The minimum atomic E-state index is -4.95. The van der Waals surface area contributed by atoms with Crippen LogP contribution in [0, 0.1) is 6.92 Å². The number of thiazole rings is 1. The normalized spacial score (nSPS) is 12.4. The van der Waals surface area contributed by atoms with E-state index in [1.165, 1.54) is 46.6 Å². The number of aryl methyl sites for hydroxylation is 1. The molecule has 41 heavy (non-hydrogen) atoms. The first kappa shape index (κ1) is 28.2. The highest BCUT2D eigenvalue weighted by atomic mass is 35.5. The number of alkyl halides is 3. The van der Waals surface area contributed by atoms with E-state index in [1.807, 2.05) is 6.92 Å². The molecule has 1 amide bonds. The number of aromatic nitrogens is 7. The predicted octanol–water partition coefficient (Wildman–Crippen LogP) is 3.93. The standard InChI is InChI=1S/C25H20ClF3N8O3S/c1-14-12-41-23(31-14)32-22(39)17-4-2-3-5-18(17)37-13-30-20(33-37)11-36-24(40)35(10-19(38)25(27,28)29)21(34-36)15-6-8-16(26)9-7-15/h2-9,12-13,19,38H,10-11H2,1H3,(H,31,32,39). The molecule has 2 aromatic carbocycles. The van der Waals surface area contributed by atoms with Crippen molar-refractivity contribution < 1.29 is 23.1 Å². The fraction of sp³-hybridized carbons (Fsp3) is 0.200. The van der Waals surface area contributed by atoms with E-state index in [-0.39, 0.29) is 23.8 Å². The molecule has 0 fully saturated rings. The Morgan fingerprint density at radius 1 is 1.15 bits per heavy atom. The highest BCUT2D eigenvalue weighted by Gasteiger charge is 2.39. The lowest BCUT2D eigenvalue weighted by Crippen LogP contribution is -2.37. The topological polar surface area (TPSA) is 133 Å². The van der Waals surface area contributed by atoms with Crippen LogP contribution in [0.1, 0.15) is 21.9 Å². The highest BCUT2D eigenvalue weighted by molar-refractivity contribution is 7.13. The average Bonchev–Trinajstić information content (AvgIpc) is 3.64. The molecule has 5 aromatic rings. The third kappa shape index (κ3) is 6.21. The molecule has 0 aliphatic rings. The molecule has 1 atom stereocenters. The number of nitrogens with zero attached hydrogens (tertiary/aromatic N) is 7. The van der Waals surface area contributed by atoms with Gasteiger partial charge in [-0.3, -0.25) is 14.7 Å². The van der Waals surface area contributed by atoms with Crippen LogP contribution >= 0.6 is 22.9 Å². The highest BCUT2D eigenvalue weighted by Crippen LogP contribution is 2.24. The van der Waals surface area contributed by atoms with E-state index in [1.54, 1.807) is 29.6 Å². The van der Waals surface area contributed by atoms with E-state index in [2.05, 4.69) is 25.5 Å². The molecule has 0 saturated heterocycles. The Morgan fingerprint density at radius 2 is 1.88 bits per heavy atom. The first-order chi connectivity index (χ1) is 19.5. The van der Waals surface area contributed by atoms with Crippen LogP contribution in [-0.4, -0.2) is 57.4 Å². The fourth-order valence-corrected chi connectivity index (χ4v) is 4.67. The lowest BCUT2D eigenvalue weighted by Gasteiger charge is -2.15. The van der Waals surface area contributed by atoms with Gasteiger partial charge in [-0.25, -0.2) is 24.1 Å². The lowest BCUT2D eigenvalue weighted by molar-refractivity contribution is -0.207. The van der Waals surface area contributed by atoms with E-state index in [9.17, 15) is 27.9 Å². The minimum Gasteiger partial charge on any atom is -0.382 e. The monoisotopic (exact) mass is 604 g/mol. The largest absolute Gasteiger partial charge is 0.416 e. The number of benzene rings is 2. The molecule has 0 aliphatic carbocycles. The Labute approximate surface area is 238 Å². The Kier molecular flexibility index (Phi) is 7.75. The molecule has 0 aliphatic heterocycles. The Balaban J connectivity index is 1.44. The second kappa shape index (κ2) is 11.3. The summed E-state index contributed by atoms with van der Waals surface area (Å²) >= 11 is 7.21. The van der Waals surface area contributed by atoms with Gasteiger partial charge in [-0.15, -0.1) is 21.5 Å². The van der Waals surface area contributed by atoms with Gasteiger partial charge in [0.05, 0.1) is 23.5 Å². The van der Waals surface area contributed by atoms with Crippen molar-refractivity contribution in [1.82, 2.24) is 34.1 Å². The van der Waals surface area contributed by atoms with E-state index in [0.717, 1.165) is 14.9 Å². The molecular formula is C25H20ClF3N8O3S. The number of para-hydroxylation sites is 1. The van der Waals surface area contributed by atoms with Crippen LogP contribution in [0.3, 0.4) is 0 Å². The minimum absolute atomic E-state index is 0.0986. The summed E-state index contributed by atoms with van der Waals surface area (Å²) in [5.74, 6) is -0.423. The Bertz CT molecular complexity index is 1760. The van der Waals surface area contributed by atoms with Gasteiger partial charge in [0.15, 0.2) is 22.9 Å². The van der Waals surface area contributed by atoms with E-state index in [4.69, 9.17) is 11.6 Å². The molecule has 3 aromatic heterocycles. The number of hydrogen-bond acceptors (Lipinski definition) is 8. The second-order valence-electron chi connectivity index (χ2n) is 8.81. The van der Waals surface area contributed by atoms with Crippen molar-refractivity contribution in [2.24, 2.45) is 0 Å². The number of anilines is 1. The summed E-state index contributed by atoms with van der Waals surface area (Å²) in [6.45, 7) is 0.444. The van der Waals surface area contributed by atoms with Crippen LogP contribution in [0.2, 0.25) is 5.02 Å². The van der Waals surface area contributed by atoms with Gasteiger partial charge in [0.1, 0.15) is 12.9 Å². The van der Waals surface area contributed by atoms with Crippen molar-refractivity contribution in [3.63, 3.8) is 0 Å². The van der Waals surface area contributed by atoms with Crippen molar-refractivity contribution >= 4 is 34.0 Å². The van der Waals surface area contributed by atoms with Gasteiger partial charge in [-0.1, -0.05) is 23.7 Å². The van der Waals surface area contributed by atoms with Gasteiger partial charge in [0.25, 0.3) is 5.91 Å². The quantitative estimate of drug-likeness (QED) is 0.274. The molecule has 0 radical (unpaired) electrons. The van der Waals surface area contributed by atoms with Gasteiger partial charge in [0, 0.05) is 16.0 Å². The predicted molar refractivity (Wildman–Crippen MR) is 144 cm³/mol. The number of hydrogen-bond donors (Lipinski definition) is 2. The van der Waals surface area contributed by atoms with E-state index >= 15 is 0 Å². The molecule has 2 N–H and O–H groups in total. The van der Waals surface area contributed by atoms with Gasteiger partial charge >= 0.3 is 11.9 Å². The van der Waals surface area contributed by atoms with Crippen molar-refractivity contribution in [2.45, 2.75) is 32.3 Å². The third-order valence-electron chi connectivity index (χ3n) is 5.82. The van der Waals surface area contributed by atoms with Crippen molar-refractivity contribution in [3.8, 4) is 17.1 Å². The molecule has 11 nitrogen and oxygen atoms in total. The van der Waals surface area contributed by atoms with Crippen LogP contribution in [0.5, 0.6) is 0 Å². The summed E-state index contributed by atoms with van der Waals surface area (Å²) in [7, 11) is 0. The number of carbonyl (C=O) groups excluding carboxylic acids is 1. The maximum absolute atomic E-state index is 13.1. The van der Waals surface area contributed by atoms with Gasteiger partial charge in [-0.2, -0.15) is 13.2 Å². The van der Waals surface area contributed by atoms with Crippen molar-refractivity contribution in [3.05, 3.63) is 92.8 Å². The third-order valence-corrected chi connectivity index (χ3v) is 6.95. The summed E-state index contributed by atoms with van der Waals surface area (Å²) in [6, 6.07) is 12.6. The SMILES string of the molecule is Cc1csc(NC(=O)c2ccccc2-n2cnc(Cn3nc(-c4ccc(Cl)cc4)n(CC(O)C(F)(F)F)c3=O)n2)n1. The first-order valence-electron chi connectivity index (χ1n) is 11.9. The summed E-state index contributed by atoms with van der Waals surface area (Å²) < 4.78 is 42.3. The smallest absolute Gasteiger partial charge is 0.382 e. The van der Waals surface area contributed by atoms with Crippen LogP contribution in [0.15, 0.2) is 65.0 Å². The van der Waals surface area contributed by atoms with E-state index < -0.39 is 30.4 Å². The summed E-state index contributed by atoms with van der Waals surface area (Å²) in [6.07, 6.45) is -6.40.